The van der Waals surface area contributed by atoms with Gasteiger partial charge in [0, 0.05) is 11.4 Å². The lowest BCUT2D eigenvalue weighted by atomic mass is 10.3. The zero-order valence-electron chi connectivity index (χ0n) is 11.2. The fourth-order valence-corrected chi connectivity index (χ4v) is 2.50. The topological polar surface area (TPSA) is 81.3 Å². The van der Waals surface area contributed by atoms with Crippen molar-refractivity contribution in [1.29, 1.82) is 0 Å². The van der Waals surface area contributed by atoms with Gasteiger partial charge in [-0.05, 0) is 16.4 Å². The van der Waals surface area contributed by atoms with Gasteiger partial charge in [0.25, 0.3) is 0 Å². The van der Waals surface area contributed by atoms with E-state index in [1.165, 1.54) is 16.9 Å². The van der Waals surface area contributed by atoms with Crippen LogP contribution in [0, 0.1) is 10.1 Å². The molecule has 0 fully saturated rings. The molecule has 1 amide bonds. The summed E-state index contributed by atoms with van der Waals surface area (Å²) in [4.78, 5) is 24.9. The Kier molecular flexibility index (Phi) is 4.83. The van der Waals surface area contributed by atoms with E-state index in [2.05, 4.69) is 11.7 Å². The van der Waals surface area contributed by atoms with Gasteiger partial charge in [0.2, 0.25) is 5.91 Å². The Labute approximate surface area is 125 Å². The summed E-state index contributed by atoms with van der Waals surface area (Å²) in [5, 5.41) is 16.3. The first-order chi connectivity index (χ1) is 10.1. The highest BCUT2D eigenvalue weighted by Gasteiger charge is 2.18. The fraction of sp³-hybridized carbons (Fsp3) is 0.231. The van der Waals surface area contributed by atoms with Gasteiger partial charge in [-0.2, -0.15) is 4.68 Å². The van der Waals surface area contributed by atoms with E-state index in [1.54, 1.807) is 22.3 Å². The Balaban J connectivity index is 2.03. The van der Waals surface area contributed by atoms with E-state index >= 15 is 0 Å². The number of amides is 1. The minimum absolute atomic E-state index is 0.0347. The van der Waals surface area contributed by atoms with Crippen LogP contribution >= 0.6 is 11.3 Å². The van der Waals surface area contributed by atoms with Gasteiger partial charge < -0.3 is 15.0 Å². The predicted octanol–water partition coefficient (Wildman–Crippen LogP) is 2.07. The van der Waals surface area contributed by atoms with Gasteiger partial charge in [0.1, 0.15) is 6.54 Å². The SMILES string of the molecule is C=CCN(Cc1cccs1)C(=O)Cn1ccc([N+](=O)[O-])n1. The van der Waals surface area contributed by atoms with E-state index in [9.17, 15) is 14.9 Å². The van der Waals surface area contributed by atoms with E-state index in [0.29, 0.717) is 13.1 Å². The number of aromatic nitrogens is 2. The fourth-order valence-electron chi connectivity index (χ4n) is 1.78. The number of carbonyl (C=O) groups is 1. The molecule has 0 saturated heterocycles. The van der Waals surface area contributed by atoms with Crippen LogP contribution in [0.15, 0.2) is 42.4 Å². The molecule has 8 heteroatoms. The molecule has 2 aromatic heterocycles. The van der Waals surface area contributed by atoms with Crippen LogP contribution in [0.1, 0.15) is 4.88 Å². The average Bonchev–Trinajstić information content (AvgIpc) is 3.09. The Hall–Kier alpha value is -2.48. The summed E-state index contributed by atoms with van der Waals surface area (Å²) in [6, 6.07) is 5.14. The summed E-state index contributed by atoms with van der Waals surface area (Å²) in [6.45, 7) is 4.52. The second kappa shape index (κ2) is 6.80. The van der Waals surface area contributed by atoms with Crippen molar-refractivity contribution >= 4 is 23.1 Å². The number of nitrogens with zero attached hydrogens (tertiary/aromatic N) is 4. The summed E-state index contributed by atoms with van der Waals surface area (Å²) in [7, 11) is 0. The maximum Gasteiger partial charge on any atom is 0.389 e. The lowest BCUT2D eigenvalue weighted by Gasteiger charge is -2.19. The monoisotopic (exact) mass is 306 g/mol. The average molecular weight is 306 g/mol. The van der Waals surface area contributed by atoms with Crippen LogP contribution in [0.3, 0.4) is 0 Å². The molecular formula is C13H14N4O3S. The molecule has 0 aromatic carbocycles. The molecule has 0 radical (unpaired) electrons. The summed E-state index contributed by atoms with van der Waals surface area (Å²) in [6.07, 6.45) is 3.07. The molecule has 2 aromatic rings. The maximum atomic E-state index is 12.3. The predicted molar refractivity (Wildman–Crippen MR) is 78.8 cm³/mol. The van der Waals surface area contributed by atoms with Gasteiger partial charge >= 0.3 is 5.82 Å². The summed E-state index contributed by atoms with van der Waals surface area (Å²) < 4.78 is 1.27. The third-order valence-corrected chi connectivity index (χ3v) is 3.60. The Bertz CT molecular complexity index is 636. The van der Waals surface area contributed by atoms with Crippen LogP contribution in [-0.4, -0.2) is 32.1 Å². The van der Waals surface area contributed by atoms with Gasteiger partial charge in [-0.1, -0.05) is 12.1 Å². The highest BCUT2D eigenvalue weighted by molar-refractivity contribution is 7.09. The van der Waals surface area contributed by atoms with E-state index < -0.39 is 4.92 Å². The van der Waals surface area contributed by atoms with E-state index in [1.807, 2.05) is 17.5 Å². The molecule has 7 nitrogen and oxygen atoms in total. The summed E-state index contributed by atoms with van der Waals surface area (Å²) >= 11 is 1.57. The largest absolute Gasteiger partial charge is 0.389 e. The zero-order chi connectivity index (χ0) is 15.2. The molecule has 0 bridgehead atoms. The van der Waals surface area contributed by atoms with Crippen LogP contribution in [-0.2, 0) is 17.9 Å². The molecule has 2 rings (SSSR count). The molecule has 0 N–H and O–H groups in total. The molecule has 0 aliphatic rings. The summed E-state index contributed by atoms with van der Waals surface area (Å²) in [5.74, 6) is -0.433. The molecule has 0 spiro atoms. The van der Waals surface area contributed by atoms with Crippen molar-refractivity contribution in [3.63, 3.8) is 0 Å². The van der Waals surface area contributed by atoms with Gasteiger partial charge in [-0.3, -0.25) is 4.79 Å². The number of rotatable bonds is 7. The molecule has 0 atom stereocenters. The zero-order valence-corrected chi connectivity index (χ0v) is 12.0. The minimum Gasteiger partial charge on any atom is -0.358 e. The molecule has 0 unspecified atom stereocenters. The molecule has 0 aliphatic carbocycles. The van der Waals surface area contributed by atoms with Gasteiger partial charge in [-0.15, -0.1) is 17.9 Å². The highest BCUT2D eigenvalue weighted by atomic mass is 32.1. The number of hydrogen-bond acceptors (Lipinski definition) is 5. The number of thiophene rings is 1. The number of carbonyl (C=O) groups excluding carboxylic acids is 1. The van der Waals surface area contributed by atoms with Gasteiger partial charge in [0.05, 0.1) is 23.9 Å². The third-order valence-electron chi connectivity index (χ3n) is 2.74. The van der Waals surface area contributed by atoms with Crippen LogP contribution in [0.25, 0.3) is 0 Å². The first-order valence-corrected chi connectivity index (χ1v) is 7.07. The lowest BCUT2D eigenvalue weighted by molar-refractivity contribution is -0.389. The first kappa shape index (κ1) is 14.9. The van der Waals surface area contributed by atoms with Crippen molar-refractivity contribution in [2.75, 3.05) is 6.54 Å². The van der Waals surface area contributed by atoms with Crippen LogP contribution < -0.4 is 0 Å². The minimum atomic E-state index is -0.589. The summed E-state index contributed by atoms with van der Waals surface area (Å²) in [5.41, 5.74) is 0. The van der Waals surface area contributed by atoms with E-state index in [0.717, 1.165) is 4.88 Å². The number of hydrogen-bond donors (Lipinski definition) is 0. The highest BCUT2D eigenvalue weighted by Crippen LogP contribution is 2.13. The van der Waals surface area contributed by atoms with Crippen molar-refractivity contribution in [3.05, 3.63) is 57.4 Å². The number of nitro groups is 1. The van der Waals surface area contributed by atoms with E-state index in [-0.39, 0.29) is 18.3 Å². The Morgan fingerprint density at radius 2 is 2.38 bits per heavy atom. The third kappa shape index (κ3) is 3.99. The second-order valence-electron chi connectivity index (χ2n) is 4.27. The van der Waals surface area contributed by atoms with Crippen LogP contribution in [0.4, 0.5) is 5.82 Å². The quantitative estimate of drug-likeness (QED) is 0.445. The standard InChI is InChI=1S/C13H14N4O3S/c1-2-6-15(9-11-4-3-8-21-11)13(18)10-16-7-5-12(14-16)17(19)20/h2-5,7-8H,1,6,9-10H2. The van der Waals surface area contributed by atoms with Crippen LogP contribution in [0.2, 0.25) is 0 Å². The van der Waals surface area contributed by atoms with Crippen molar-refractivity contribution in [2.45, 2.75) is 13.1 Å². The lowest BCUT2D eigenvalue weighted by Crippen LogP contribution is -2.33. The van der Waals surface area contributed by atoms with E-state index in [4.69, 9.17) is 0 Å². The second-order valence-corrected chi connectivity index (χ2v) is 5.30. The molecule has 0 aliphatic heterocycles. The normalized spacial score (nSPS) is 10.3. The van der Waals surface area contributed by atoms with Crippen molar-refractivity contribution in [1.82, 2.24) is 14.7 Å². The molecule has 2 heterocycles. The van der Waals surface area contributed by atoms with Crippen molar-refractivity contribution in [2.24, 2.45) is 0 Å². The molecule has 110 valence electrons. The smallest absolute Gasteiger partial charge is 0.358 e. The maximum absolute atomic E-state index is 12.3. The van der Waals surface area contributed by atoms with Crippen molar-refractivity contribution < 1.29 is 9.72 Å². The first-order valence-electron chi connectivity index (χ1n) is 6.19. The molecule has 21 heavy (non-hydrogen) atoms. The molecule has 0 saturated carbocycles. The molecular weight excluding hydrogens is 292 g/mol. The van der Waals surface area contributed by atoms with Crippen molar-refractivity contribution in [3.8, 4) is 0 Å². The van der Waals surface area contributed by atoms with Crippen LogP contribution in [0.5, 0.6) is 0 Å². The van der Waals surface area contributed by atoms with Gasteiger partial charge in [-0.25, -0.2) is 0 Å². The Morgan fingerprint density at radius 1 is 1.57 bits per heavy atom. The van der Waals surface area contributed by atoms with Gasteiger partial charge in [0.15, 0.2) is 0 Å². The Morgan fingerprint density at radius 3 is 2.95 bits per heavy atom.